The van der Waals surface area contributed by atoms with Crippen molar-refractivity contribution in [3.8, 4) is 0 Å². The molecular formula is C21H18N2O2. The van der Waals surface area contributed by atoms with Crippen molar-refractivity contribution in [3.63, 3.8) is 0 Å². The monoisotopic (exact) mass is 330 g/mol. The fourth-order valence-electron chi connectivity index (χ4n) is 3.38. The number of hydrogen-bond acceptors (Lipinski definition) is 2. The van der Waals surface area contributed by atoms with E-state index in [9.17, 15) is 9.59 Å². The molecule has 1 fully saturated rings. The number of hydrogen-bond donors (Lipinski definition) is 0. The lowest BCUT2D eigenvalue weighted by Crippen LogP contribution is -2.61. The molecule has 2 unspecified atom stereocenters. The van der Waals surface area contributed by atoms with E-state index < -0.39 is 12.1 Å². The van der Waals surface area contributed by atoms with E-state index in [1.807, 2.05) is 78.9 Å². The van der Waals surface area contributed by atoms with E-state index in [1.54, 1.807) is 16.0 Å². The molecule has 4 rings (SSSR count). The number of fused-ring (bicyclic) bond motifs is 1. The van der Waals surface area contributed by atoms with Crippen molar-refractivity contribution >= 4 is 17.5 Å². The molecule has 2 aromatic carbocycles. The van der Waals surface area contributed by atoms with Gasteiger partial charge in [0.2, 0.25) is 11.8 Å². The summed E-state index contributed by atoms with van der Waals surface area (Å²) in [6.07, 6.45) is 7.33. The van der Waals surface area contributed by atoms with E-state index in [0.29, 0.717) is 6.42 Å². The van der Waals surface area contributed by atoms with Gasteiger partial charge in [-0.2, -0.15) is 0 Å². The predicted octanol–water partition coefficient (Wildman–Crippen LogP) is 3.13. The number of allylic oxidation sites excluding steroid dienone is 2. The summed E-state index contributed by atoms with van der Waals surface area (Å²) < 4.78 is 0. The van der Waals surface area contributed by atoms with E-state index in [4.69, 9.17) is 0 Å². The van der Waals surface area contributed by atoms with Crippen LogP contribution in [0.1, 0.15) is 5.56 Å². The van der Waals surface area contributed by atoms with E-state index in [2.05, 4.69) is 0 Å². The minimum Gasteiger partial charge on any atom is -0.293 e. The van der Waals surface area contributed by atoms with Gasteiger partial charge in [-0.15, -0.1) is 0 Å². The van der Waals surface area contributed by atoms with Gasteiger partial charge in [-0.1, -0.05) is 54.6 Å². The van der Waals surface area contributed by atoms with E-state index >= 15 is 0 Å². The molecule has 2 heterocycles. The summed E-state index contributed by atoms with van der Waals surface area (Å²) in [6.45, 7) is 0. The third kappa shape index (κ3) is 2.76. The molecule has 124 valence electrons. The van der Waals surface area contributed by atoms with Crippen molar-refractivity contribution < 1.29 is 9.59 Å². The highest BCUT2D eigenvalue weighted by Crippen LogP contribution is 2.31. The highest BCUT2D eigenvalue weighted by atomic mass is 16.2. The van der Waals surface area contributed by atoms with Gasteiger partial charge in [0.15, 0.2) is 0 Å². The Morgan fingerprint density at radius 1 is 0.800 bits per heavy atom. The van der Waals surface area contributed by atoms with E-state index in [0.717, 1.165) is 11.3 Å². The Morgan fingerprint density at radius 3 is 2.20 bits per heavy atom. The topological polar surface area (TPSA) is 40.6 Å². The molecule has 2 aliphatic heterocycles. The first-order valence-corrected chi connectivity index (χ1v) is 8.35. The Labute approximate surface area is 146 Å². The summed E-state index contributed by atoms with van der Waals surface area (Å²) in [7, 11) is 0. The van der Waals surface area contributed by atoms with Crippen LogP contribution < -0.4 is 4.90 Å². The third-order valence-corrected chi connectivity index (χ3v) is 4.60. The molecule has 25 heavy (non-hydrogen) atoms. The maximum Gasteiger partial charge on any atom is 0.241 e. The van der Waals surface area contributed by atoms with Crippen LogP contribution in [0.3, 0.4) is 0 Å². The van der Waals surface area contributed by atoms with Crippen LogP contribution in [-0.4, -0.2) is 22.9 Å². The average molecular weight is 330 g/mol. The smallest absolute Gasteiger partial charge is 0.241 e. The lowest BCUT2D eigenvalue weighted by molar-refractivity contribution is -0.144. The van der Waals surface area contributed by atoms with Crippen LogP contribution in [-0.2, 0) is 16.0 Å². The number of para-hydroxylation sites is 1. The molecule has 2 atom stereocenters. The Hall–Kier alpha value is -3.14. The molecule has 1 saturated heterocycles. The minimum absolute atomic E-state index is 0.147. The van der Waals surface area contributed by atoms with Crippen LogP contribution in [0.5, 0.6) is 0 Å². The van der Waals surface area contributed by atoms with E-state index in [1.165, 1.54) is 0 Å². The molecule has 0 radical (unpaired) electrons. The van der Waals surface area contributed by atoms with Gasteiger partial charge in [0, 0.05) is 11.9 Å². The largest absolute Gasteiger partial charge is 0.293 e. The number of anilines is 1. The van der Waals surface area contributed by atoms with Crippen molar-refractivity contribution in [2.45, 2.75) is 12.6 Å². The maximum atomic E-state index is 13.2. The number of amides is 2. The summed E-state index contributed by atoms with van der Waals surface area (Å²) in [5, 5.41) is 0. The highest BCUT2D eigenvalue weighted by Gasteiger charge is 2.45. The van der Waals surface area contributed by atoms with Gasteiger partial charge in [-0.3, -0.25) is 19.4 Å². The van der Waals surface area contributed by atoms with Crippen LogP contribution in [0.4, 0.5) is 5.69 Å². The number of carbonyl (C=O) groups excluding carboxylic acids is 2. The second-order valence-electron chi connectivity index (χ2n) is 6.17. The van der Waals surface area contributed by atoms with Crippen molar-refractivity contribution in [3.05, 3.63) is 90.7 Å². The Kier molecular flexibility index (Phi) is 3.94. The second kappa shape index (κ2) is 6.40. The lowest BCUT2D eigenvalue weighted by atomic mass is 9.92. The predicted molar refractivity (Wildman–Crippen MR) is 96.5 cm³/mol. The molecule has 0 aromatic heterocycles. The maximum absolute atomic E-state index is 13.2. The molecule has 0 N–H and O–H groups in total. The van der Waals surface area contributed by atoms with Gasteiger partial charge in [-0.25, -0.2) is 0 Å². The third-order valence-electron chi connectivity index (χ3n) is 4.60. The van der Waals surface area contributed by atoms with Gasteiger partial charge >= 0.3 is 0 Å². The summed E-state index contributed by atoms with van der Waals surface area (Å²) in [5.74, 6) is -1.01. The van der Waals surface area contributed by atoms with Gasteiger partial charge in [0.25, 0.3) is 0 Å². The summed E-state index contributed by atoms with van der Waals surface area (Å²) in [5.41, 5.74) is 1.78. The zero-order valence-corrected chi connectivity index (χ0v) is 13.7. The Bertz CT molecular complexity index is 843. The molecule has 0 aliphatic carbocycles. The van der Waals surface area contributed by atoms with Gasteiger partial charge in [-0.05, 0) is 36.3 Å². The highest BCUT2D eigenvalue weighted by molar-refractivity contribution is 6.11. The van der Waals surface area contributed by atoms with Gasteiger partial charge in [0.05, 0.1) is 0 Å². The van der Waals surface area contributed by atoms with Crippen molar-refractivity contribution in [2.75, 3.05) is 4.90 Å². The molecule has 2 aliphatic rings. The molecular weight excluding hydrogens is 312 g/mol. The normalized spacial score (nSPS) is 22.2. The van der Waals surface area contributed by atoms with Crippen LogP contribution in [0.25, 0.3) is 0 Å². The zero-order chi connectivity index (χ0) is 17.2. The first-order chi connectivity index (χ1) is 12.3. The molecule has 2 aromatic rings. The number of rotatable bonds is 3. The molecule has 2 amide bonds. The average Bonchev–Trinajstić information content (AvgIpc) is 2.67. The fraction of sp³-hybridized carbons (Fsp3) is 0.143. The van der Waals surface area contributed by atoms with Crippen LogP contribution in [0, 0.1) is 5.92 Å². The van der Waals surface area contributed by atoms with E-state index in [-0.39, 0.29) is 11.8 Å². The molecule has 4 heteroatoms. The Morgan fingerprint density at radius 2 is 1.48 bits per heavy atom. The van der Waals surface area contributed by atoms with Crippen LogP contribution in [0.2, 0.25) is 0 Å². The summed E-state index contributed by atoms with van der Waals surface area (Å²) in [4.78, 5) is 29.5. The lowest BCUT2D eigenvalue weighted by Gasteiger charge is -2.44. The van der Waals surface area contributed by atoms with Crippen molar-refractivity contribution in [2.24, 2.45) is 5.92 Å². The van der Waals surface area contributed by atoms with Crippen molar-refractivity contribution in [1.29, 1.82) is 0 Å². The standard InChI is InChI=1S/C21H18N2O2/c24-20-18(15-16-9-3-1-4-10-16)21(25)23(17-11-5-2-6-12-17)19-13-7-8-14-22(19)20/h1-14,18-19H,15H2. The summed E-state index contributed by atoms with van der Waals surface area (Å²) in [6, 6.07) is 19.2. The first-order valence-electron chi connectivity index (χ1n) is 8.35. The second-order valence-corrected chi connectivity index (χ2v) is 6.17. The quantitative estimate of drug-likeness (QED) is 0.811. The minimum atomic E-state index is -0.713. The summed E-state index contributed by atoms with van der Waals surface area (Å²) >= 11 is 0. The molecule has 0 bridgehead atoms. The Balaban J connectivity index is 1.73. The molecule has 0 spiro atoms. The fourth-order valence-corrected chi connectivity index (χ4v) is 3.38. The number of nitrogens with zero attached hydrogens (tertiary/aromatic N) is 2. The first kappa shape index (κ1) is 15.4. The van der Waals surface area contributed by atoms with Gasteiger partial charge in [0.1, 0.15) is 12.1 Å². The molecule has 4 nitrogen and oxygen atoms in total. The SMILES string of the molecule is O=C1C(Cc2ccccc2)C(=O)N(c2ccccc2)C2C=CC=CN12. The van der Waals surface area contributed by atoms with Gasteiger partial charge < -0.3 is 0 Å². The number of benzene rings is 2. The van der Waals surface area contributed by atoms with Crippen molar-refractivity contribution in [1.82, 2.24) is 4.90 Å². The zero-order valence-electron chi connectivity index (χ0n) is 13.7. The van der Waals surface area contributed by atoms with Crippen LogP contribution >= 0.6 is 0 Å². The number of carbonyl (C=O) groups is 2. The molecule has 0 saturated carbocycles. The van der Waals surface area contributed by atoms with Crippen LogP contribution in [0.15, 0.2) is 85.1 Å².